The second kappa shape index (κ2) is 4.43. The van der Waals surface area contributed by atoms with E-state index >= 15 is 0 Å². The van der Waals surface area contributed by atoms with Crippen molar-refractivity contribution in [1.29, 1.82) is 5.41 Å². The van der Waals surface area contributed by atoms with E-state index in [4.69, 9.17) is 16.9 Å². The molecule has 0 fully saturated rings. The summed E-state index contributed by atoms with van der Waals surface area (Å²) >= 11 is 0. The van der Waals surface area contributed by atoms with Crippen LogP contribution in [0.4, 0.5) is 0 Å². The maximum Gasteiger partial charge on any atom is 0.100 e. The van der Waals surface area contributed by atoms with Gasteiger partial charge in [-0.2, -0.15) is 0 Å². The lowest BCUT2D eigenvalue weighted by atomic mass is 9.94. The summed E-state index contributed by atoms with van der Waals surface area (Å²) in [7, 11) is 0. The molecule has 0 aliphatic carbocycles. The van der Waals surface area contributed by atoms with Gasteiger partial charge >= 0.3 is 0 Å². The number of nitrogens with two attached hydrogens (primary N) is 2. The standard InChI is InChI=1S/C7H17N3O/c1-2-7(11,5-9)3-6(10)4-8/h5-6,9,11H,2-4,8,10H2,1H3/t6?,7-/m1/s1. The Bertz CT molecular complexity index is 129. The zero-order valence-corrected chi connectivity index (χ0v) is 6.88. The number of hydrogen-bond acceptors (Lipinski definition) is 4. The normalized spacial score (nSPS) is 18.9. The van der Waals surface area contributed by atoms with Crippen molar-refractivity contribution in [2.24, 2.45) is 11.5 Å². The molecule has 0 amide bonds. The second-order valence-corrected chi connectivity index (χ2v) is 2.80. The SMILES string of the molecule is CC[C@](O)(C=N)CC(N)CN. The Kier molecular flexibility index (Phi) is 4.25. The first-order valence-corrected chi connectivity index (χ1v) is 3.77. The number of aliphatic hydroxyl groups is 1. The fourth-order valence-corrected chi connectivity index (χ4v) is 0.843. The molecule has 0 aliphatic heterocycles. The molecular weight excluding hydrogens is 142 g/mol. The Labute approximate surface area is 67.1 Å². The largest absolute Gasteiger partial charge is 0.384 e. The van der Waals surface area contributed by atoms with E-state index in [1.54, 1.807) is 0 Å². The Hall–Kier alpha value is -0.450. The van der Waals surface area contributed by atoms with Gasteiger partial charge in [0.25, 0.3) is 0 Å². The predicted molar refractivity (Wildman–Crippen MR) is 45.7 cm³/mol. The fraction of sp³-hybridized carbons (Fsp3) is 0.857. The van der Waals surface area contributed by atoms with Crippen molar-refractivity contribution in [2.45, 2.75) is 31.4 Å². The van der Waals surface area contributed by atoms with E-state index in [0.29, 0.717) is 19.4 Å². The summed E-state index contributed by atoms with van der Waals surface area (Å²) in [5.41, 5.74) is 9.74. The molecule has 4 heteroatoms. The van der Waals surface area contributed by atoms with Gasteiger partial charge in [0.2, 0.25) is 0 Å². The van der Waals surface area contributed by atoms with Crippen LogP contribution >= 0.6 is 0 Å². The minimum atomic E-state index is -1.06. The summed E-state index contributed by atoms with van der Waals surface area (Å²) in [5, 5.41) is 16.5. The smallest absolute Gasteiger partial charge is 0.100 e. The van der Waals surface area contributed by atoms with Crippen molar-refractivity contribution in [2.75, 3.05) is 6.54 Å². The molecule has 0 heterocycles. The first-order valence-electron chi connectivity index (χ1n) is 3.77. The van der Waals surface area contributed by atoms with Gasteiger partial charge in [0.05, 0.1) is 0 Å². The molecule has 66 valence electrons. The molecule has 2 atom stereocenters. The van der Waals surface area contributed by atoms with E-state index in [9.17, 15) is 5.11 Å². The average Bonchev–Trinajstić information content (AvgIpc) is 2.04. The monoisotopic (exact) mass is 159 g/mol. The van der Waals surface area contributed by atoms with Gasteiger partial charge in [0.1, 0.15) is 5.60 Å². The van der Waals surface area contributed by atoms with Crippen molar-refractivity contribution in [1.82, 2.24) is 0 Å². The molecule has 0 saturated heterocycles. The molecule has 11 heavy (non-hydrogen) atoms. The van der Waals surface area contributed by atoms with Crippen LogP contribution in [0, 0.1) is 5.41 Å². The summed E-state index contributed by atoms with van der Waals surface area (Å²) in [6, 6.07) is -0.221. The Morgan fingerprint density at radius 1 is 1.73 bits per heavy atom. The molecule has 0 rings (SSSR count). The number of nitrogens with one attached hydrogen (secondary N) is 1. The summed E-state index contributed by atoms with van der Waals surface area (Å²) in [6.07, 6.45) is 1.90. The first-order chi connectivity index (χ1) is 5.08. The van der Waals surface area contributed by atoms with Crippen LogP contribution in [0.25, 0.3) is 0 Å². The molecule has 0 aromatic carbocycles. The maximum atomic E-state index is 9.55. The minimum Gasteiger partial charge on any atom is -0.384 e. The van der Waals surface area contributed by atoms with Crippen molar-refractivity contribution in [3.05, 3.63) is 0 Å². The molecule has 1 unspecified atom stereocenters. The quantitative estimate of drug-likeness (QED) is 0.405. The van der Waals surface area contributed by atoms with Crippen LogP contribution in [0.5, 0.6) is 0 Å². The number of hydrogen-bond donors (Lipinski definition) is 4. The van der Waals surface area contributed by atoms with Crippen LogP contribution < -0.4 is 11.5 Å². The molecule has 0 radical (unpaired) electrons. The topological polar surface area (TPSA) is 96.1 Å². The first kappa shape index (κ1) is 10.6. The van der Waals surface area contributed by atoms with Crippen LogP contribution in [-0.2, 0) is 0 Å². The third-order valence-electron chi connectivity index (χ3n) is 1.80. The van der Waals surface area contributed by atoms with Crippen molar-refractivity contribution < 1.29 is 5.11 Å². The highest BCUT2D eigenvalue weighted by Crippen LogP contribution is 2.12. The molecule has 0 spiro atoms. The molecule has 4 nitrogen and oxygen atoms in total. The molecule has 0 aliphatic rings. The van der Waals surface area contributed by atoms with E-state index in [2.05, 4.69) is 0 Å². The van der Waals surface area contributed by atoms with Gasteiger partial charge in [0.15, 0.2) is 0 Å². The minimum absolute atomic E-state index is 0.221. The summed E-state index contributed by atoms with van der Waals surface area (Å²) in [5.74, 6) is 0. The van der Waals surface area contributed by atoms with Crippen LogP contribution in [0.15, 0.2) is 0 Å². The van der Waals surface area contributed by atoms with E-state index in [0.717, 1.165) is 6.21 Å². The van der Waals surface area contributed by atoms with Gasteiger partial charge in [-0.3, -0.25) is 0 Å². The molecule has 0 aromatic heterocycles. The van der Waals surface area contributed by atoms with Gasteiger partial charge in [-0.15, -0.1) is 0 Å². The summed E-state index contributed by atoms with van der Waals surface area (Å²) < 4.78 is 0. The molecule has 0 aromatic rings. The third-order valence-corrected chi connectivity index (χ3v) is 1.80. The molecule has 6 N–H and O–H groups in total. The lowest BCUT2D eigenvalue weighted by Crippen LogP contribution is -2.41. The fourth-order valence-electron chi connectivity index (χ4n) is 0.843. The maximum absolute atomic E-state index is 9.55. The van der Waals surface area contributed by atoms with Gasteiger partial charge in [-0.25, -0.2) is 0 Å². The van der Waals surface area contributed by atoms with Gasteiger partial charge in [-0.1, -0.05) is 6.92 Å². The highest BCUT2D eigenvalue weighted by Gasteiger charge is 2.23. The van der Waals surface area contributed by atoms with E-state index in [1.807, 2.05) is 6.92 Å². The van der Waals surface area contributed by atoms with E-state index < -0.39 is 5.60 Å². The van der Waals surface area contributed by atoms with Crippen LogP contribution in [0.3, 0.4) is 0 Å². The predicted octanol–water partition coefficient (Wildman–Crippen LogP) is -0.547. The number of rotatable bonds is 5. The zero-order valence-electron chi connectivity index (χ0n) is 6.88. The Morgan fingerprint density at radius 2 is 2.27 bits per heavy atom. The second-order valence-electron chi connectivity index (χ2n) is 2.80. The molecule has 0 bridgehead atoms. The zero-order chi connectivity index (χ0) is 8.91. The summed E-state index contributed by atoms with van der Waals surface area (Å²) in [6.45, 7) is 2.16. The van der Waals surface area contributed by atoms with Crippen LogP contribution in [-0.4, -0.2) is 29.5 Å². The van der Waals surface area contributed by atoms with Gasteiger partial charge < -0.3 is 22.0 Å². The van der Waals surface area contributed by atoms with Crippen molar-refractivity contribution in [3.8, 4) is 0 Å². The van der Waals surface area contributed by atoms with Gasteiger partial charge in [-0.05, 0) is 12.8 Å². The summed E-state index contributed by atoms with van der Waals surface area (Å²) in [4.78, 5) is 0. The highest BCUT2D eigenvalue weighted by atomic mass is 16.3. The van der Waals surface area contributed by atoms with Crippen LogP contribution in [0.1, 0.15) is 19.8 Å². The Morgan fingerprint density at radius 3 is 2.55 bits per heavy atom. The van der Waals surface area contributed by atoms with E-state index in [-0.39, 0.29) is 6.04 Å². The van der Waals surface area contributed by atoms with Gasteiger partial charge in [0, 0.05) is 18.8 Å². The lowest BCUT2D eigenvalue weighted by molar-refractivity contribution is 0.0954. The lowest BCUT2D eigenvalue weighted by Gasteiger charge is -2.24. The molecule has 0 saturated carbocycles. The molecular formula is C7H17N3O. The third kappa shape index (κ3) is 3.46. The van der Waals surface area contributed by atoms with Crippen molar-refractivity contribution >= 4 is 6.21 Å². The average molecular weight is 159 g/mol. The van der Waals surface area contributed by atoms with Crippen LogP contribution in [0.2, 0.25) is 0 Å². The van der Waals surface area contributed by atoms with E-state index in [1.165, 1.54) is 0 Å². The van der Waals surface area contributed by atoms with Crippen molar-refractivity contribution in [3.63, 3.8) is 0 Å². The highest BCUT2D eigenvalue weighted by molar-refractivity contribution is 5.64. The Balaban J connectivity index is 3.96.